The van der Waals surface area contributed by atoms with E-state index in [9.17, 15) is 9.59 Å². The van der Waals surface area contributed by atoms with Gasteiger partial charge in [-0.3, -0.25) is 14.7 Å². The van der Waals surface area contributed by atoms with E-state index in [4.69, 9.17) is 16.0 Å². The third kappa shape index (κ3) is 4.05. The van der Waals surface area contributed by atoms with Gasteiger partial charge in [0.25, 0.3) is 0 Å². The van der Waals surface area contributed by atoms with Gasteiger partial charge in [-0.2, -0.15) is 0 Å². The third-order valence-corrected chi connectivity index (χ3v) is 5.19. The fourth-order valence-corrected chi connectivity index (χ4v) is 3.75. The molecule has 4 rings (SSSR count). The maximum atomic E-state index is 12.4. The number of carbonyl (C=O) groups is 1. The second-order valence-corrected chi connectivity index (χ2v) is 7.46. The minimum absolute atomic E-state index is 0.0932. The molecule has 3 aromatic rings. The van der Waals surface area contributed by atoms with Crippen molar-refractivity contribution in [1.82, 2.24) is 9.88 Å². The predicted molar refractivity (Wildman–Crippen MR) is 110 cm³/mol. The lowest BCUT2D eigenvalue weighted by Crippen LogP contribution is -2.53. The molecule has 1 atom stereocenters. The maximum Gasteiger partial charge on any atom is 0.417 e. The summed E-state index contributed by atoms with van der Waals surface area (Å²) in [4.78, 5) is 30.7. The number of fused-ring (bicyclic) bond motifs is 1. The standard InChI is InChI=1S/C20H21ClN4O3/c1-13-11-24(8-9-25(13)16-5-2-14(21)3-6-16)12-19(26)22-15-4-7-17-18(10-15)28-20(27)23-17/h2-7,10,13H,8-9,11-12H2,1H3,(H,22,26)(H,23,27)/t13-/m1/s1. The number of piperazine rings is 1. The zero-order chi connectivity index (χ0) is 19.7. The normalized spacial score (nSPS) is 17.8. The molecule has 1 aliphatic rings. The monoisotopic (exact) mass is 400 g/mol. The van der Waals surface area contributed by atoms with Crippen LogP contribution in [0.2, 0.25) is 5.02 Å². The van der Waals surface area contributed by atoms with Gasteiger partial charge in [-0.25, -0.2) is 4.79 Å². The van der Waals surface area contributed by atoms with Gasteiger partial charge in [0, 0.05) is 48.1 Å². The van der Waals surface area contributed by atoms with Crippen LogP contribution in [0.1, 0.15) is 6.92 Å². The van der Waals surface area contributed by atoms with Crippen molar-refractivity contribution in [2.24, 2.45) is 0 Å². The molecule has 1 aromatic heterocycles. The average molecular weight is 401 g/mol. The van der Waals surface area contributed by atoms with Crippen LogP contribution < -0.4 is 16.0 Å². The number of oxazole rings is 1. The summed E-state index contributed by atoms with van der Waals surface area (Å²) >= 11 is 5.97. The number of hydrogen-bond donors (Lipinski definition) is 2. The number of nitrogens with zero attached hydrogens (tertiary/aromatic N) is 2. The predicted octanol–water partition coefficient (Wildman–Crippen LogP) is 2.92. The first-order valence-electron chi connectivity index (χ1n) is 9.15. The summed E-state index contributed by atoms with van der Waals surface area (Å²) in [6.45, 7) is 4.90. The summed E-state index contributed by atoms with van der Waals surface area (Å²) in [7, 11) is 0. The number of aromatic amines is 1. The zero-order valence-corrected chi connectivity index (χ0v) is 16.2. The summed E-state index contributed by atoms with van der Waals surface area (Å²) in [6.07, 6.45) is 0. The smallest absolute Gasteiger partial charge is 0.408 e. The molecule has 1 amide bonds. The van der Waals surface area contributed by atoms with Gasteiger partial charge in [-0.05, 0) is 43.3 Å². The molecule has 146 valence electrons. The average Bonchev–Trinajstić information content (AvgIpc) is 3.02. The van der Waals surface area contributed by atoms with Crippen molar-refractivity contribution in [2.75, 3.05) is 36.4 Å². The van der Waals surface area contributed by atoms with Gasteiger partial charge in [0.1, 0.15) is 0 Å². The lowest BCUT2D eigenvalue weighted by atomic mass is 10.1. The molecule has 8 heteroatoms. The Morgan fingerprint density at radius 2 is 2.04 bits per heavy atom. The maximum absolute atomic E-state index is 12.4. The SMILES string of the molecule is C[C@@H]1CN(CC(=O)Nc2ccc3[nH]c(=O)oc3c2)CCN1c1ccc(Cl)cc1. The molecule has 0 saturated carbocycles. The third-order valence-electron chi connectivity index (χ3n) is 4.94. The van der Waals surface area contributed by atoms with Gasteiger partial charge in [-0.1, -0.05) is 11.6 Å². The first kappa shape index (κ1) is 18.6. The van der Waals surface area contributed by atoms with Crippen molar-refractivity contribution in [3.63, 3.8) is 0 Å². The number of rotatable bonds is 4. The largest absolute Gasteiger partial charge is 0.417 e. The molecule has 2 N–H and O–H groups in total. The summed E-state index contributed by atoms with van der Waals surface area (Å²) < 4.78 is 5.03. The first-order valence-corrected chi connectivity index (χ1v) is 9.53. The molecule has 28 heavy (non-hydrogen) atoms. The number of benzene rings is 2. The Morgan fingerprint density at radius 3 is 2.79 bits per heavy atom. The number of carbonyl (C=O) groups excluding carboxylic acids is 1. The van der Waals surface area contributed by atoms with Gasteiger partial charge in [-0.15, -0.1) is 0 Å². The van der Waals surface area contributed by atoms with Crippen LogP contribution in [0.15, 0.2) is 51.7 Å². The van der Waals surface area contributed by atoms with Crippen LogP contribution in [0, 0.1) is 0 Å². The van der Waals surface area contributed by atoms with Gasteiger partial charge < -0.3 is 14.6 Å². The fraction of sp³-hybridized carbons (Fsp3) is 0.300. The Bertz CT molecular complexity index is 1040. The number of hydrogen-bond acceptors (Lipinski definition) is 5. The van der Waals surface area contributed by atoms with Gasteiger partial charge in [0.2, 0.25) is 5.91 Å². The number of H-pyrrole nitrogens is 1. The van der Waals surface area contributed by atoms with Crippen molar-refractivity contribution >= 4 is 40.0 Å². The highest BCUT2D eigenvalue weighted by Crippen LogP contribution is 2.23. The van der Waals surface area contributed by atoms with Gasteiger partial charge >= 0.3 is 5.76 Å². The molecular weight excluding hydrogens is 380 g/mol. The van der Waals surface area contributed by atoms with E-state index in [1.54, 1.807) is 18.2 Å². The Kier molecular flexibility index (Phi) is 5.11. The van der Waals surface area contributed by atoms with Crippen LogP contribution in [0.4, 0.5) is 11.4 Å². The number of aromatic nitrogens is 1. The van der Waals surface area contributed by atoms with E-state index >= 15 is 0 Å². The van der Waals surface area contributed by atoms with E-state index in [1.807, 2.05) is 24.3 Å². The molecule has 2 heterocycles. The molecule has 0 aliphatic carbocycles. The molecule has 0 unspecified atom stereocenters. The zero-order valence-electron chi connectivity index (χ0n) is 15.4. The van der Waals surface area contributed by atoms with Crippen LogP contribution in [0.25, 0.3) is 11.1 Å². The Morgan fingerprint density at radius 1 is 1.25 bits per heavy atom. The quantitative estimate of drug-likeness (QED) is 0.703. The highest BCUT2D eigenvalue weighted by molar-refractivity contribution is 6.30. The summed E-state index contributed by atoms with van der Waals surface area (Å²) in [6, 6.07) is 13.2. The van der Waals surface area contributed by atoms with E-state index in [0.717, 1.165) is 30.3 Å². The summed E-state index contributed by atoms with van der Waals surface area (Å²) in [5.74, 6) is -0.601. The van der Waals surface area contributed by atoms with Crippen LogP contribution in [0.5, 0.6) is 0 Å². The van der Waals surface area contributed by atoms with Crippen molar-refractivity contribution < 1.29 is 9.21 Å². The van der Waals surface area contributed by atoms with Gasteiger partial charge in [0.05, 0.1) is 12.1 Å². The van der Waals surface area contributed by atoms with Crippen LogP contribution >= 0.6 is 11.6 Å². The van der Waals surface area contributed by atoms with Crippen molar-refractivity contribution in [3.8, 4) is 0 Å². The topological polar surface area (TPSA) is 81.6 Å². The second kappa shape index (κ2) is 7.69. The Balaban J connectivity index is 1.34. The van der Waals surface area contributed by atoms with Crippen LogP contribution in [-0.2, 0) is 4.79 Å². The van der Waals surface area contributed by atoms with Crippen molar-refractivity contribution in [2.45, 2.75) is 13.0 Å². The molecule has 1 aliphatic heterocycles. The lowest BCUT2D eigenvalue weighted by molar-refractivity contribution is -0.117. The summed E-state index contributed by atoms with van der Waals surface area (Å²) in [5, 5.41) is 3.60. The van der Waals surface area contributed by atoms with Crippen LogP contribution in [0.3, 0.4) is 0 Å². The van der Waals surface area contributed by atoms with Crippen LogP contribution in [-0.4, -0.2) is 48.0 Å². The molecule has 0 radical (unpaired) electrons. The van der Waals surface area contributed by atoms with Crippen molar-refractivity contribution in [3.05, 3.63) is 58.0 Å². The number of amides is 1. The minimum atomic E-state index is -0.508. The lowest BCUT2D eigenvalue weighted by Gasteiger charge is -2.41. The van der Waals surface area contributed by atoms with E-state index in [1.165, 1.54) is 0 Å². The molecule has 7 nitrogen and oxygen atoms in total. The highest BCUT2D eigenvalue weighted by Gasteiger charge is 2.25. The van der Waals surface area contributed by atoms with E-state index in [0.29, 0.717) is 23.3 Å². The Hall–Kier alpha value is -2.77. The molecule has 0 bridgehead atoms. The molecule has 1 fully saturated rings. The minimum Gasteiger partial charge on any atom is -0.408 e. The summed E-state index contributed by atoms with van der Waals surface area (Å²) in [5.41, 5.74) is 2.78. The van der Waals surface area contributed by atoms with E-state index in [-0.39, 0.29) is 11.9 Å². The van der Waals surface area contributed by atoms with Gasteiger partial charge in [0.15, 0.2) is 5.58 Å². The van der Waals surface area contributed by atoms with Crippen molar-refractivity contribution in [1.29, 1.82) is 0 Å². The first-order chi connectivity index (χ1) is 13.5. The number of nitrogens with one attached hydrogen (secondary N) is 2. The van der Waals surface area contributed by atoms with E-state index in [2.05, 4.69) is 27.0 Å². The highest BCUT2D eigenvalue weighted by atomic mass is 35.5. The molecular formula is C20H21ClN4O3. The number of anilines is 2. The molecule has 1 saturated heterocycles. The molecule has 2 aromatic carbocycles. The molecule has 0 spiro atoms. The fourth-order valence-electron chi connectivity index (χ4n) is 3.62. The second-order valence-electron chi connectivity index (χ2n) is 7.03. The number of halogens is 1. The Labute approximate surface area is 166 Å². The van der Waals surface area contributed by atoms with E-state index < -0.39 is 5.76 Å².